The van der Waals surface area contributed by atoms with Gasteiger partial charge in [0.25, 0.3) is 0 Å². The first-order valence-electron chi connectivity index (χ1n) is 9.94. The molecule has 2 nitrogen and oxygen atoms in total. The maximum absolute atomic E-state index is 6.12. The number of thiazole rings is 1. The number of nitrogens with zero attached hydrogens (tertiary/aromatic N) is 1. The Labute approximate surface area is 178 Å². The molecule has 0 saturated heterocycles. The molecule has 0 bridgehead atoms. The number of thiophene rings is 2. The van der Waals surface area contributed by atoms with Gasteiger partial charge in [0.1, 0.15) is 10.8 Å². The molecular formula is C23H25NOS3. The molecule has 1 atom stereocenters. The van der Waals surface area contributed by atoms with Gasteiger partial charge in [0, 0.05) is 9.75 Å². The Morgan fingerprint density at radius 1 is 1.00 bits per heavy atom. The van der Waals surface area contributed by atoms with Crippen LogP contribution in [0.2, 0.25) is 0 Å². The molecule has 0 aliphatic rings. The van der Waals surface area contributed by atoms with E-state index >= 15 is 0 Å². The highest BCUT2D eigenvalue weighted by molar-refractivity contribution is 7.28. The molecule has 28 heavy (non-hydrogen) atoms. The van der Waals surface area contributed by atoms with Crippen molar-refractivity contribution in [2.75, 3.05) is 6.61 Å². The molecule has 4 rings (SSSR count). The van der Waals surface area contributed by atoms with Gasteiger partial charge >= 0.3 is 0 Å². The second kappa shape index (κ2) is 9.21. The Hall–Kier alpha value is -1.69. The molecule has 3 heterocycles. The first-order chi connectivity index (χ1) is 13.8. The predicted molar refractivity (Wildman–Crippen MR) is 125 cm³/mol. The van der Waals surface area contributed by atoms with Gasteiger partial charge in [0.15, 0.2) is 0 Å². The van der Waals surface area contributed by atoms with Crippen molar-refractivity contribution in [2.24, 2.45) is 5.92 Å². The first kappa shape index (κ1) is 19.6. The van der Waals surface area contributed by atoms with Crippen LogP contribution in [0.15, 0.2) is 47.8 Å². The lowest BCUT2D eigenvalue weighted by molar-refractivity contribution is 0.233. The van der Waals surface area contributed by atoms with Crippen molar-refractivity contribution in [2.45, 2.75) is 39.5 Å². The molecule has 0 aliphatic carbocycles. The smallest absolute Gasteiger partial charge is 0.134 e. The van der Waals surface area contributed by atoms with Gasteiger partial charge in [0.2, 0.25) is 0 Å². The summed E-state index contributed by atoms with van der Waals surface area (Å²) in [6.07, 6.45) is 4.97. The number of aromatic nitrogens is 1. The monoisotopic (exact) mass is 427 g/mol. The maximum Gasteiger partial charge on any atom is 0.134 e. The second-order valence-electron chi connectivity index (χ2n) is 7.02. The van der Waals surface area contributed by atoms with Crippen LogP contribution in [0.5, 0.6) is 5.75 Å². The van der Waals surface area contributed by atoms with Gasteiger partial charge in [-0.2, -0.15) is 0 Å². The summed E-state index contributed by atoms with van der Waals surface area (Å²) in [7, 11) is 0. The third kappa shape index (κ3) is 4.48. The van der Waals surface area contributed by atoms with E-state index in [4.69, 9.17) is 9.72 Å². The van der Waals surface area contributed by atoms with Crippen molar-refractivity contribution >= 4 is 44.2 Å². The molecule has 4 aromatic rings. The zero-order chi connectivity index (χ0) is 19.3. The molecule has 1 unspecified atom stereocenters. The molecule has 0 radical (unpaired) electrons. The van der Waals surface area contributed by atoms with E-state index in [1.54, 1.807) is 22.7 Å². The van der Waals surface area contributed by atoms with Gasteiger partial charge in [-0.3, -0.25) is 0 Å². The van der Waals surface area contributed by atoms with Crippen LogP contribution in [-0.2, 0) is 0 Å². The number of benzene rings is 1. The number of fused-ring (bicyclic) bond motifs is 1. The highest BCUT2D eigenvalue weighted by atomic mass is 32.1. The van der Waals surface area contributed by atoms with Crippen LogP contribution in [0.4, 0.5) is 0 Å². The van der Waals surface area contributed by atoms with Gasteiger partial charge in [-0.1, -0.05) is 39.2 Å². The summed E-state index contributed by atoms with van der Waals surface area (Å²) in [6.45, 7) is 5.32. The molecule has 0 spiro atoms. The van der Waals surface area contributed by atoms with Crippen LogP contribution >= 0.6 is 34.0 Å². The molecule has 3 aromatic heterocycles. The van der Waals surface area contributed by atoms with Crippen molar-refractivity contribution in [1.29, 1.82) is 0 Å². The lowest BCUT2D eigenvalue weighted by Gasteiger charge is -2.15. The fourth-order valence-corrected chi connectivity index (χ4v) is 6.11. The molecule has 0 amide bonds. The number of hydrogen-bond acceptors (Lipinski definition) is 5. The van der Waals surface area contributed by atoms with Gasteiger partial charge in [0.05, 0.1) is 21.7 Å². The van der Waals surface area contributed by atoms with Gasteiger partial charge in [-0.25, -0.2) is 4.98 Å². The normalized spacial score (nSPS) is 12.5. The average Bonchev–Trinajstić information content (AvgIpc) is 3.47. The van der Waals surface area contributed by atoms with Crippen molar-refractivity contribution in [3.8, 4) is 25.4 Å². The molecule has 0 saturated carbocycles. The molecule has 5 heteroatoms. The van der Waals surface area contributed by atoms with Crippen molar-refractivity contribution in [3.05, 3.63) is 47.8 Å². The van der Waals surface area contributed by atoms with E-state index in [2.05, 4.69) is 61.7 Å². The quantitative estimate of drug-likeness (QED) is 0.268. The van der Waals surface area contributed by atoms with E-state index in [0.717, 1.165) is 22.9 Å². The van der Waals surface area contributed by atoms with E-state index in [9.17, 15) is 0 Å². The highest BCUT2D eigenvalue weighted by Crippen LogP contribution is 2.39. The minimum atomic E-state index is 0.648. The lowest BCUT2D eigenvalue weighted by atomic mass is 10.0. The SMILES string of the molecule is CCCCC(CC)COc1ccc2nc(-c3ccc(-c4cccs4)s3)sc2c1. The fourth-order valence-electron chi connectivity index (χ4n) is 3.22. The van der Waals surface area contributed by atoms with Gasteiger partial charge < -0.3 is 4.74 Å². The summed E-state index contributed by atoms with van der Waals surface area (Å²) < 4.78 is 7.31. The Bertz CT molecular complexity index is 1020. The molecule has 1 aromatic carbocycles. The van der Waals surface area contributed by atoms with Crippen LogP contribution < -0.4 is 4.74 Å². The van der Waals surface area contributed by atoms with Crippen molar-refractivity contribution < 1.29 is 4.74 Å². The molecule has 0 aliphatic heterocycles. The topological polar surface area (TPSA) is 22.1 Å². The third-order valence-corrected chi connectivity index (χ3v) is 8.31. The number of hydrogen-bond donors (Lipinski definition) is 0. The molecule has 0 fully saturated rings. The van der Waals surface area contributed by atoms with Crippen LogP contribution in [0.3, 0.4) is 0 Å². The molecule has 146 valence electrons. The number of ether oxygens (including phenoxy) is 1. The highest BCUT2D eigenvalue weighted by Gasteiger charge is 2.12. The Balaban J connectivity index is 1.49. The van der Waals surface area contributed by atoms with E-state index in [1.807, 2.05) is 11.3 Å². The predicted octanol–water partition coefficient (Wildman–Crippen LogP) is 8.35. The van der Waals surface area contributed by atoms with Gasteiger partial charge in [-0.15, -0.1) is 34.0 Å². The van der Waals surface area contributed by atoms with Crippen LogP contribution in [0, 0.1) is 5.92 Å². The Morgan fingerprint density at radius 2 is 1.89 bits per heavy atom. The second-order valence-corrected chi connectivity index (χ2v) is 10.1. The average molecular weight is 428 g/mol. The summed E-state index contributed by atoms with van der Waals surface area (Å²) in [5, 5.41) is 3.22. The Kier molecular flexibility index (Phi) is 6.45. The van der Waals surface area contributed by atoms with E-state index in [-0.39, 0.29) is 0 Å². The van der Waals surface area contributed by atoms with Gasteiger partial charge in [-0.05, 0) is 54.1 Å². The summed E-state index contributed by atoms with van der Waals surface area (Å²) in [6, 6.07) is 15.0. The zero-order valence-corrected chi connectivity index (χ0v) is 18.8. The lowest BCUT2D eigenvalue weighted by Crippen LogP contribution is -2.11. The standard InChI is InChI=1S/C23H25NOS3/c1-3-5-7-16(4-2)15-25-17-9-10-18-22(14-17)28-23(24-18)21-12-11-20(27-21)19-8-6-13-26-19/h6,8-14,16H,3-5,7,15H2,1-2H3. The van der Waals surface area contributed by atoms with Crippen LogP contribution in [0.25, 0.3) is 29.9 Å². The largest absolute Gasteiger partial charge is 0.493 e. The van der Waals surface area contributed by atoms with Crippen molar-refractivity contribution in [1.82, 2.24) is 4.98 Å². The first-order valence-corrected chi connectivity index (χ1v) is 12.5. The van der Waals surface area contributed by atoms with E-state index in [1.165, 1.54) is 45.0 Å². The summed E-state index contributed by atoms with van der Waals surface area (Å²) in [5.41, 5.74) is 1.05. The third-order valence-electron chi connectivity index (χ3n) is 4.97. The fraction of sp³-hybridized carbons (Fsp3) is 0.348. The minimum absolute atomic E-state index is 0.648. The molecular weight excluding hydrogens is 402 g/mol. The summed E-state index contributed by atoms with van der Waals surface area (Å²) >= 11 is 5.35. The van der Waals surface area contributed by atoms with Crippen molar-refractivity contribution in [3.63, 3.8) is 0 Å². The minimum Gasteiger partial charge on any atom is -0.493 e. The summed E-state index contributed by atoms with van der Waals surface area (Å²) in [5.74, 6) is 1.61. The maximum atomic E-state index is 6.12. The van der Waals surface area contributed by atoms with Crippen LogP contribution in [-0.4, -0.2) is 11.6 Å². The zero-order valence-electron chi connectivity index (χ0n) is 16.3. The summed E-state index contributed by atoms with van der Waals surface area (Å²) in [4.78, 5) is 8.71. The Morgan fingerprint density at radius 3 is 2.68 bits per heavy atom. The number of unbranched alkanes of at least 4 members (excludes halogenated alkanes) is 1. The van der Waals surface area contributed by atoms with E-state index < -0.39 is 0 Å². The van der Waals surface area contributed by atoms with Crippen LogP contribution in [0.1, 0.15) is 39.5 Å². The number of rotatable bonds is 9. The van der Waals surface area contributed by atoms with E-state index in [0.29, 0.717) is 5.92 Å². The molecule has 0 N–H and O–H groups in total.